The molecule has 1 saturated carbocycles. The van der Waals surface area contributed by atoms with Gasteiger partial charge in [0, 0.05) is 18.3 Å². The van der Waals surface area contributed by atoms with Crippen LogP contribution in [0.4, 0.5) is 0 Å². The Hall–Kier alpha value is -2.36. The second-order valence-electron chi connectivity index (χ2n) is 6.32. The van der Waals surface area contributed by atoms with Crippen molar-refractivity contribution in [2.24, 2.45) is 0 Å². The van der Waals surface area contributed by atoms with Gasteiger partial charge in [-0.25, -0.2) is 4.52 Å². The van der Waals surface area contributed by atoms with Gasteiger partial charge in [0.05, 0.1) is 12.2 Å². The molecule has 0 atom stereocenters. The first-order valence-electron chi connectivity index (χ1n) is 7.77. The van der Waals surface area contributed by atoms with E-state index in [4.69, 9.17) is 0 Å². The van der Waals surface area contributed by atoms with Gasteiger partial charge in [0.1, 0.15) is 5.52 Å². The molecule has 0 saturated heterocycles. The molecule has 0 spiro atoms. The van der Waals surface area contributed by atoms with Crippen LogP contribution in [0.1, 0.15) is 41.1 Å². The van der Waals surface area contributed by atoms with Gasteiger partial charge in [0.2, 0.25) is 0 Å². The quantitative estimate of drug-likeness (QED) is 0.744. The van der Waals surface area contributed by atoms with Gasteiger partial charge in [0.15, 0.2) is 0 Å². The van der Waals surface area contributed by atoms with Gasteiger partial charge in [-0.05, 0) is 49.4 Å². The van der Waals surface area contributed by atoms with Crippen molar-refractivity contribution < 1.29 is 0 Å². The molecule has 1 fully saturated rings. The summed E-state index contributed by atoms with van der Waals surface area (Å²) in [6.07, 6.45) is 6.10. The molecule has 2 heterocycles. The van der Waals surface area contributed by atoms with Crippen molar-refractivity contribution in [3.63, 3.8) is 0 Å². The molecule has 4 heteroatoms. The first kappa shape index (κ1) is 13.3. The first-order valence-corrected chi connectivity index (χ1v) is 7.77. The number of aromatic nitrogens is 3. The van der Waals surface area contributed by atoms with Crippen molar-refractivity contribution >= 4 is 5.52 Å². The number of nitrogens with zero attached hydrogens (tertiary/aromatic N) is 3. The Bertz CT molecular complexity index is 916. The summed E-state index contributed by atoms with van der Waals surface area (Å²) in [4.78, 5) is 12.6. The minimum absolute atomic E-state index is 0.0279. The van der Waals surface area contributed by atoms with Crippen LogP contribution >= 0.6 is 0 Å². The number of aryl methyl sites for hydroxylation is 2. The fourth-order valence-electron chi connectivity index (χ4n) is 2.85. The minimum atomic E-state index is 0.0279. The van der Waals surface area contributed by atoms with Gasteiger partial charge < -0.3 is 4.57 Å². The standard InChI is InChI=1S/C18H19N3O/c1-12-3-4-14(9-13(12)2)11-20-7-8-21-17(18(20)22)10-16(19-21)15-5-6-15/h3-4,7-10,15H,5-6,11H2,1-2H3. The Morgan fingerprint density at radius 1 is 1.14 bits per heavy atom. The number of hydrogen-bond acceptors (Lipinski definition) is 2. The van der Waals surface area contributed by atoms with Crippen LogP contribution in [0.3, 0.4) is 0 Å². The molecule has 0 N–H and O–H groups in total. The Morgan fingerprint density at radius 3 is 2.68 bits per heavy atom. The third-order valence-electron chi connectivity index (χ3n) is 4.54. The average Bonchev–Trinajstić information content (AvgIpc) is 3.26. The zero-order valence-corrected chi connectivity index (χ0v) is 12.9. The number of rotatable bonds is 3. The molecular weight excluding hydrogens is 274 g/mol. The summed E-state index contributed by atoms with van der Waals surface area (Å²) in [6.45, 7) is 4.80. The second-order valence-corrected chi connectivity index (χ2v) is 6.32. The van der Waals surface area contributed by atoms with E-state index in [0.29, 0.717) is 18.0 Å². The lowest BCUT2D eigenvalue weighted by molar-refractivity contribution is 0.740. The lowest BCUT2D eigenvalue weighted by Crippen LogP contribution is -2.21. The Labute approximate surface area is 129 Å². The largest absolute Gasteiger partial charge is 0.308 e. The molecular formula is C18H19N3O. The summed E-state index contributed by atoms with van der Waals surface area (Å²) in [7, 11) is 0. The van der Waals surface area contributed by atoms with Crippen LogP contribution < -0.4 is 5.56 Å². The van der Waals surface area contributed by atoms with Crippen LogP contribution in [-0.4, -0.2) is 14.2 Å². The third kappa shape index (κ3) is 2.25. The van der Waals surface area contributed by atoms with Crippen LogP contribution in [0.5, 0.6) is 0 Å². The molecule has 4 rings (SSSR count). The Kier molecular flexibility index (Phi) is 2.93. The molecule has 4 nitrogen and oxygen atoms in total. The zero-order chi connectivity index (χ0) is 15.3. The highest BCUT2D eigenvalue weighted by atomic mass is 16.1. The molecule has 112 valence electrons. The molecule has 0 aliphatic heterocycles. The molecule has 2 aromatic heterocycles. The van der Waals surface area contributed by atoms with Crippen LogP contribution in [0.15, 0.2) is 41.5 Å². The van der Waals surface area contributed by atoms with Gasteiger partial charge >= 0.3 is 0 Å². The maximum Gasteiger partial charge on any atom is 0.276 e. The number of hydrogen-bond donors (Lipinski definition) is 0. The highest BCUT2D eigenvalue weighted by Crippen LogP contribution is 2.39. The van der Waals surface area contributed by atoms with E-state index in [0.717, 1.165) is 11.3 Å². The van der Waals surface area contributed by atoms with Crippen molar-refractivity contribution in [2.45, 2.75) is 39.2 Å². The minimum Gasteiger partial charge on any atom is -0.308 e. The fraction of sp³-hybridized carbons (Fsp3) is 0.333. The Balaban J connectivity index is 1.73. The molecule has 22 heavy (non-hydrogen) atoms. The summed E-state index contributed by atoms with van der Waals surface area (Å²) in [5, 5.41) is 4.51. The molecule has 1 aromatic carbocycles. The van der Waals surface area contributed by atoms with Crippen LogP contribution in [0.2, 0.25) is 0 Å². The maximum atomic E-state index is 12.6. The van der Waals surface area contributed by atoms with Crippen molar-refractivity contribution in [1.29, 1.82) is 0 Å². The third-order valence-corrected chi connectivity index (χ3v) is 4.54. The van der Waals surface area contributed by atoms with E-state index >= 15 is 0 Å². The van der Waals surface area contributed by atoms with E-state index in [9.17, 15) is 4.79 Å². The lowest BCUT2D eigenvalue weighted by atomic mass is 10.1. The van der Waals surface area contributed by atoms with Gasteiger partial charge in [-0.3, -0.25) is 4.79 Å². The molecule has 0 amide bonds. The summed E-state index contributed by atoms with van der Waals surface area (Å²) >= 11 is 0. The molecule has 3 aromatic rings. The molecule has 0 unspecified atom stereocenters. The van der Waals surface area contributed by atoms with Crippen molar-refractivity contribution in [1.82, 2.24) is 14.2 Å². The highest BCUT2D eigenvalue weighted by molar-refractivity contribution is 5.46. The predicted molar refractivity (Wildman–Crippen MR) is 86.4 cm³/mol. The number of fused-ring (bicyclic) bond motifs is 1. The SMILES string of the molecule is Cc1ccc(Cn2ccn3nc(C4CC4)cc3c2=O)cc1C. The van der Waals surface area contributed by atoms with E-state index in [1.807, 2.05) is 18.5 Å². The normalized spacial score (nSPS) is 14.6. The molecule has 0 radical (unpaired) electrons. The molecule has 1 aliphatic rings. The summed E-state index contributed by atoms with van der Waals surface area (Å²) < 4.78 is 3.48. The smallest absolute Gasteiger partial charge is 0.276 e. The van der Waals surface area contributed by atoms with Crippen molar-refractivity contribution in [3.05, 3.63) is 69.4 Å². The average molecular weight is 293 g/mol. The Morgan fingerprint density at radius 2 is 1.95 bits per heavy atom. The van der Waals surface area contributed by atoms with E-state index in [2.05, 4.69) is 37.1 Å². The fourth-order valence-corrected chi connectivity index (χ4v) is 2.85. The molecule has 1 aliphatic carbocycles. The van der Waals surface area contributed by atoms with Gasteiger partial charge in [-0.2, -0.15) is 5.10 Å². The topological polar surface area (TPSA) is 39.3 Å². The highest BCUT2D eigenvalue weighted by Gasteiger charge is 2.26. The monoisotopic (exact) mass is 293 g/mol. The van der Waals surface area contributed by atoms with E-state index in [1.165, 1.54) is 24.0 Å². The van der Waals surface area contributed by atoms with Gasteiger partial charge in [-0.15, -0.1) is 0 Å². The summed E-state index contributed by atoms with van der Waals surface area (Å²) in [5.41, 5.74) is 5.44. The summed E-state index contributed by atoms with van der Waals surface area (Å²) in [6, 6.07) is 8.30. The molecule has 0 bridgehead atoms. The van der Waals surface area contributed by atoms with Crippen LogP contribution in [-0.2, 0) is 6.54 Å². The van der Waals surface area contributed by atoms with E-state index in [-0.39, 0.29) is 5.56 Å². The van der Waals surface area contributed by atoms with Crippen LogP contribution in [0.25, 0.3) is 5.52 Å². The van der Waals surface area contributed by atoms with Crippen molar-refractivity contribution in [3.8, 4) is 0 Å². The van der Waals surface area contributed by atoms with Crippen molar-refractivity contribution in [2.75, 3.05) is 0 Å². The van der Waals surface area contributed by atoms with Gasteiger partial charge in [-0.1, -0.05) is 18.2 Å². The van der Waals surface area contributed by atoms with Gasteiger partial charge in [0.25, 0.3) is 5.56 Å². The van der Waals surface area contributed by atoms with E-state index in [1.54, 1.807) is 9.08 Å². The summed E-state index contributed by atoms with van der Waals surface area (Å²) in [5.74, 6) is 0.562. The lowest BCUT2D eigenvalue weighted by Gasteiger charge is -2.08. The predicted octanol–water partition coefficient (Wildman–Crippen LogP) is 3.04. The zero-order valence-electron chi connectivity index (χ0n) is 12.9. The first-order chi connectivity index (χ1) is 10.6. The van der Waals surface area contributed by atoms with E-state index < -0.39 is 0 Å². The maximum absolute atomic E-state index is 12.6. The second kappa shape index (κ2) is 4.83. The van der Waals surface area contributed by atoms with Crippen LogP contribution in [0, 0.1) is 13.8 Å². The number of benzene rings is 1.